The fraction of sp³-hybridized carbons (Fsp3) is 0.158. The molecule has 11 heteroatoms. The predicted octanol–water partition coefficient (Wildman–Crippen LogP) is 2.78. The van der Waals surface area contributed by atoms with E-state index in [4.69, 9.17) is 9.88 Å². The fourth-order valence-corrected chi connectivity index (χ4v) is 3.67. The molecule has 0 aliphatic carbocycles. The van der Waals surface area contributed by atoms with Crippen molar-refractivity contribution in [3.63, 3.8) is 0 Å². The van der Waals surface area contributed by atoms with Crippen molar-refractivity contribution in [1.29, 1.82) is 0 Å². The van der Waals surface area contributed by atoms with Crippen LogP contribution in [0.25, 0.3) is 11.1 Å². The first-order valence-electron chi connectivity index (χ1n) is 8.60. The van der Waals surface area contributed by atoms with Gasteiger partial charge in [-0.15, -0.1) is 0 Å². The van der Waals surface area contributed by atoms with Gasteiger partial charge in [-0.3, -0.25) is 4.79 Å². The quantitative estimate of drug-likeness (QED) is 0.591. The lowest BCUT2D eigenvalue weighted by molar-refractivity contribution is -0.115. The Morgan fingerprint density at radius 3 is 2.63 bits per heavy atom. The lowest BCUT2D eigenvalue weighted by Gasteiger charge is -2.12. The van der Waals surface area contributed by atoms with E-state index < -0.39 is 22.5 Å². The van der Waals surface area contributed by atoms with Crippen molar-refractivity contribution in [2.45, 2.75) is 17.9 Å². The van der Waals surface area contributed by atoms with E-state index in [9.17, 15) is 22.0 Å². The molecule has 1 aromatic heterocycles. The Hall–Kier alpha value is -3.31. The van der Waals surface area contributed by atoms with Crippen molar-refractivity contribution in [2.75, 3.05) is 12.4 Å². The minimum atomic E-state index is -4.22. The van der Waals surface area contributed by atoms with Gasteiger partial charge in [0, 0.05) is 28.6 Å². The van der Waals surface area contributed by atoms with Gasteiger partial charge in [0.1, 0.15) is 5.75 Å². The maximum Gasteiger partial charge on any atom is 0.333 e. The highest BCUT2D eigenvalue weighted by Crippen LogP contribution is 2.30. The molecular weight excluding hydrogens is 418 g/mol. The van der Waals surface area contributed by atoms with Crippen LogP contribution in [0.15, 0.2) is 59.8 Å². The van der Waals surface area contributed by atoms with E-state index in [1.54, 1.807) is 24.3 Å². The van der Waals surface area contributed by atoms with Gasteiger partial charge < -0.3 is 10.1 Å². The summed E-state index contributed by atoms with van der Waals surface area (Å²) in [4.78, 5) is 12.1. The van der Waals surface area contributed by atoms with Crippen molar-refractivity contribution >= 4 is 21.6 Å². The molecule has 1 amide bonds. The van der Waals surface area contributed by atoms with Crippen LogP contribution in [-0.2, 0) is 21.2 Å². The Balaban J connectivity index is 1.88. The molecule has 0 unspecified atom stereocenters. The molecule has 0 saturated heterocycles. The summed E-state index contributed by atoms with van der Waals surface area (Å²) >= 11 is 0. The van der Waals surface area contributed by atoms with Crippen LogP contribution in [0.1, 0.15) is 12.1 Å². The number of nitrogens with one attached hydrogen (secondary N) is 1. The molecule has 158 valence electrons. The number of amides is 1. The summed E-state index contributed by atoms with van der Waals surface area (Å²) < 4.78 is 55.3. The monoisotopic (exact) mass is 436 g/mol. The lowest BCUT2D eigenvalue weighted by atomic mass is 10.1. The molecule has 3 N–H and O–H groups in total. The Labute approximate surface area is 171 Å². The number of alkyl halides is 2. The highest BCUT2D eigenvalue weighted by atomic mass is 32.2. The number of halogens is 2. The molecule has 30 heavy (non-hydrogen) atoms. The molecule has 0 atom stereocenters. The van der Waals surface area contributed by atoms with Crippen LogP contribution in [0, 0.1) is 0 Å². The van der Waals surface area contributed by atoms with Gasteiger partial charge in [-0.05, 0) is 18.2 Å². The van der Waals surface area contributed by atoms with Crippen LogP contribution in [-0.4, -0.2) is 31.2 Å². The summed E-state index contributed by atoms with van der Waals surface area (Å²) in [7, 11) is -2.73. The number of nitrogens with zero attached hydrogens (tertiary/aromatic N) is 2. The van der Waals surface area contributed by atoms with E-state index in [0.717, 1.165) is 12.4 Å². The molecule has 2 aromatic carbocycles. The third-order valence-electron chi connectivity index (χ3n) is 4.23. The number of carbonyl (C=O) groups is 1. The van der Waals surface area contributed by atoms with Crippen molar-refractivity contribution in [1.82, 2.24) is 9.78 Å². The third kappa shape index (κ3) is 4.81. The minimum Gasteiger partial charge on any atom is -0.496 e. The van der Waals surface area contributed by atoms with Crippen molar-refractivity contribution in [3.8, 4) is 16.9 Å². The van der Waals surface area contributed by atoms with Gasteiger partial charge in [-0.2, -0.15) is 13.9 Å². The molecule has 0 fully saturated rings. The number of para-hydroxylation sites is 1. The maximum absolute atomic E-state index is 12.8. The zero-order chi connectivity index (χ0) is 21.9. The number of rotatable bonds is 7. The van der Waals surface area contributed by atoms with Crippen molar-refractivity contribution < 1.29 is 26.7 Å². The van der Waals surface area contributed by atoms with Gasteiger partial charge in [0.05, 0.1) is 24.6 Å². The first kappa shape index (κ1) is 21.4. The normalized spacial score (nSPS) is 11.5. The second kappa shape index (κ2) is 8.59. The molecule has 0 spiro atoms. The molecule has 0 radical (unpaired) electrons. The van der Waals surface area contributed by atoms with Gasteiger partial charge in [0.2, 0.25) is 15.9 Å². The van der Waals surface area contributed by atoms with Gasteiger partial charge >= 0.3 is 6.55 Å². The number of methoxy groups -OCH3 is 1. The number of ether oxygens (including phenoxy) is 1. The third-order valence-corrected chi connectivity index (χ3v) is 5.18. The van der Waals surface area contributed by atoms with Crippen LogP contribution in [0.3, 0.4) is 0 Å². The second-order valence-electron chi connectivity index (χ2n) is 6.28. The average Bonchev–Trinajstić information content (AvgIpc) is 3.18. The van der Waals surface area contributed by atoms with E-state index in [2.05, 4.69) is 10.4 Å². The van der Waals surface area contributed by atoms with Crippen LogP contribution in [0.2, 0.25) is 0 Å². The summed E-state index contributed by atoms with van der Waals surface area (Å²) in [6.07, 6.45) is 2.11. The highest BCUT2D eigenvalue weighted by Gasteiger charge is 2.19. The van der Waals surface area contributed by atoms with E-state index in [0.29, 0.717) is 16.0 Å². The lowest BCUT2D eigenvalue weighted by Crippen LogP contribution is -2.17. The van der Waals surface area contributed by atoms with Gasteiger partial charge in [0.25, 0.3) is 0 Å². The number of benzene rings is 2. The molecular formula is C19H18F2N4O4S. The zero-order valence-electron chi connectivity index (χ0n) is 15.7. The predicted molar refractivity (Wildman–Crippen MR) is 106 cm³/mol. The molecule has 0 bridgehead atoms. The Morgan fingerprint density at radius 2 is 2.00 bits per heavy atom. The standard InChI is InChI=1S/C19H18F2N4O4S/c1-29-16-5-3-2-4-12(16)8-18(26)24-14-6-7-15(17(9-14)30(22,27)28)13-10-23-25(11-13)19(20)21/h2-7,9-11,19H,8H2,1H3,(H,24,26)(H2,22,27,28). The van der Waals surface area contributed by atoms with Crippen LogP contribution in [0.4, 0.5) is 14.5 Å². The number of aromatic nitrogens is 2. The summed E-state index contributed by atoms with van der Waals surface area (Å²) in [6, 6.07) is 11.0. The Bertz CT molecular complexity index is 1180. The number of sulfonamides is 1. The van der Waals surface area contributed by atoms with Gasteiger partial charge in [-0.1, -0.05) is 24.3 Å². The smallest absolute Gasteiger partial charge is 0.333 e. The van der Waals surface area contributed by atoms with Crippen molar-refractivity contribution in [2.24, 2.45) is 5.14 Å². The Morgan fingerprint density at radius 1 is 1.27 bits per heavy atom. The second-order valence-corrected chi connectivity index (χ2v) is 7.81. The largest absolute Gasteiger partial charge is 0.496 e. The first-order chi connectivity index (χ1) is 14.2. The van der Waals surface area contributed by atoms with Gasteiger partial charge in [-0.25, -0.2) is 18.2 Å². The molecule has 3 rings (SSSR count). The summed E-state index contributed by atoms with van der Waals surface area (Å²) in [5.41, 5.74) is 1.07. The molecule has 0 saturated carbocycles. The molecule has 3 aromatic rings. The Kier molecular flexibility index (Phi) is 6.13. The number of carbonyl (C=O) groups excluding carboxylic acids is 1. The fourth-order valence-electron chi connectivity index (χ4n) is 2.89. The number of nitrogens with two attached hydrogens (primary N) is 1. The maximum atomic E-state index is 12.8. The van der Waals surface area contributed by atoms with E-state index in [-0.39, 0.29) is 28.1 Å². The molecule has 0 aliphatic rings. The van der Waals surface area contributed by atoms with Crippen LogP contribution >= 0.6 is 0 Å². The topological polar surface area (TPSA) is 116 Å². The van der Waals surface area contributed by atoms with Crippen molar-refractivity contribution in [3.05, 3.63) is 60.4 Å². The zero-order valence-corrected chi connectivity index (χ0v) is 16.6. The number of anilines is 1. The highest BCUT2D eigenvalue weighted by molar-refractivity contribution is 7.89. The number of hydrogen-bond acceptors (Lipinski definition) is 5. The first-order valence-corrected chi connectivity index (χ1v) is 10.1. The molecule has 0 aliphatic heterocycles. The average molecular weight is 436 g/mol. The SMILES string of the molecule is COc1ccccc1CC(=O)Nc1ccc(-c2cnn(C(F)F)c2)c(S(N)(=O)=O)c1. The van der Waals surface area contributed by atoms with Crippen LogP contribution in [0.5, 0.6) is 5.75 Å². The number of primary sulfonamides is 1. The number of hydrogen-bond donors (Lipinski definition) is 2. The van der Waals surface area contributed by atoms with E-state index >= 15 is 0 Å². The molecule has 8 nitrogen and oxygen atoms in total. The summed E-state index contributed by atoms with van der Waals surface area (Å²) in [6.45, 7) is -2.87. The van der Waals surface area contributed by atoms with Crippen LogP contribution < -0.4 is 15.2 Å². The van der Waals surface area contributed by atoms with E-state index in [1.165, 1.54) is 25.3 Å². The minimum absolute atomic E-state index is 0.00235. The molecule has 1 heterocycles. The summed E-state index contributed by atoms with van der Waals surface area (Å²) in [5.74, 6) is 0.141. The summed E-state index contributed by atoms with van der Waals surface area (Å²) in [5, 5.41) is 11.4. The van der Waals surface area contributed by atoms with E-state index in [1.807, 2.05) is 0 Å². The van der Waals surface area contributed by atoms with Gasteiger partial charge in [0.15, 0.2) is 0 Å².